The highest BCUT2D eigenvalue weighted by Crippen LogP contribution is 2.21. The van der Waals surface area contributed by atoms with Crippen molar-refractivity contribution in [2.24, 2.45) is 0 Å². The van der Waals surface area contributed by atoms with E-state index in [1.54, 1.807) is 0 Å². The summed E-state index contributed by atoms with van der Waals surface area (Å²) in [7, 11) is 2.04. The number of hydrogen-bond acceptors (Lipinski definition) is 1. The molecular weight excluding hydrogens is 310 g/mol. The highest BCUT2D eigenvalue weighted by molar-refractivity contribution is 9.10. The number of aryl methyl sites for hydroxylation is 1. The number of likely N-dealkylation sites (N-methyl/N-ethyl adjacent to an activating group) is 1. The second kappa shape index (κ2) is 7.61. The fraction of sp³-hybridized carbons (Fsp3) is 0.333. The molecule has 20 heavy (non-hydrogen) atoms. The SMILES string of the molecule is CCCc1cccc(C(Cc2cccc(Br)c2)NC)c1. The quantitative estimate of drug-likeness (QED) is 0.793. The summed E-state index contributed by atoms with van der Waals surface area (Å²) in [5.74, 6) is 0. The zero-order chi connectivity index (χ0) is 14.4. The minimum atomic E-state index is 0.362. The maximum Gasteiger partial charge on any atom is 0.0358 e. The Balaban J connectivity index is 2.17. The molecule has 0 saturated carbocycles. The van der Waals surface area contributed by atoms with Crippen LogP contribution in [0.3, 0.4) is 0 Å². The van der Waals surface area contributed by atoms with Crippen LogP contribution in [-0.2, 0) is 12.8 Å². The van der Waals surface area contributed by atoms with Crippen LogP contribution in [-0.4, -0.2) is 7.05 Å². The van der Waals surface area contributed by atoms with Gasteiger partial charge in [0.15, 0.2) is 0 Å². The van der Waals surface area contributed by atoms with E-state index in [0.29, 0.717) is 6.04 Å². The molecule has 1 atom stereocenters. The standard InChI is InChI=1S/C18H22BrN/c1-3-6-14-7-4-9-16(11-14)18(20-2)13-15-8-5-10-17(19)12-15/h4-5,7-12,18,20H,3,6,13H2,1-2H3. The van der Waals surface area contributed by atoms with E-state index in [2.05, 4.69) is 76.7 Å². The zero-order valence-corrected chi connectivity index (χ0v) is 13.8. The molecule has 0 heterocycles. The summed E-state index contributed by atoms with van der Waals surface area (Å²) >= 11 is 3.54. The summed E-state index contributed by atoms with van der Waals surface area (Å²) in [5.41, 5.74) is 4.15. The van der Waals surface area contributed by atoms with E-state index < -0.39 is 0 Å². The predicted molar refractivity (Wildman–Crippen MR) is 90.1 cm³/mol. The molecule has 2 aromatic rings. The van der Waals surface area contributed by atoms with Crippen molar-refractivity contribution in [3.63, 3.8) is 0 Å². The Bertz CT molecular complexity index is 551. The minimum absolute atomic E-state index is 0.362. The first-order chi connectivity index (χ1) is 9.72. The van der Waals surface area contributed by atoms with E-state index in [-0.39, 0.29) is 0 Å². The van der Waals surface area contributed by atoms with Crippen LogP contribution in [0.2, 0.25) is 0 Å². The van der Waals surface area contributed by atoms with Gasteiger partial charge in [0.25, 0.3) is 0 Å². The molecule has 2 heteroatoms. The molecular formula is C18H22BrN. The number of benzene rings is 2. The Labute approximate surface area is 130 Å². The average molecular weight is 332 g/mol. The first-order valence-electron chi connectivity index (χ1n) is 7.23. The van der Waals surface area contributed by atoms with Crippen LogP contribution >= 0.6 is 15.9 Å². The van der Waals surface area contributed by atoms with Crippen LogP contribution in [0.1, 0.15) is 36.1 Å². The molecule has 0 aliphatic carbocycles. The molecule has 106 valence electrons. The highest BCUT2D eigenvalue weighted by atomic mass is 79.9. The Hall–Kier alpha value is -1.12. The van der Waals surface area contributed by atoms with Crippen molar-refractivity contribution in [1.82, 2.24) is 5.32 Å². The maximum absolute atomic E-state index is 3.54. The average Bonchev–Trinajstić information content (AvgIpc) is 2.45. The summed E-state index contributed by atoms with van der Waals surface area (Å²) in [6, 6.07) is 17.9. The van der Waals surface area contributed by atoms with Crippen LogP contribution in [0.25, 0.3) is 0 Å². The van der Waals surface area contributed by atoms with Gasteiger partial charge in [-0.2, -0.15) is 0 Å². The second-order valence-electron chi connectivity index (χ2n) is 5.17. The van der Waals surface area contributed by atoms with Gasteiger partial charge in [0.2, 0.25) is 0 Å². The highest BCUT2D eigenvalue weighted by Gasteiger charge is 2.10. The molecule has 0 radical (unpaired) electrons. The van der Waals surface area contributed by atoms with Crippen LogP contribution in [0.5, 0.6) is 0 Å². The van der Waals surface area contributed by atoms with Crippen molar-refractivity contribution in [3.05, 3.63) is 69.7 Å². The van der Waals surface area contributed by atoms with E-state index in [9.17, 15) is 0 Å². The molecule has 0 saturated heterocycles. The maximum atomic E-state index is 3.54. The Morgan fingerprint density at radius 1 is 1.05 bits per heavy atom. The fourth-order valence-corrected chi connectivity index (χ4v) is 2.99. The fourth-order valence-electron chi connectivity index (χ4n) is 2.54. The van der Waals surface area contributed by atoms with Crippen molar-refractivity contribution in [2.75, 3.05) is 7.05 Å². The van der Waals surface area contributed by atoms with Gasteiger partial charge in [-0.3, -0.25) is 0 Å². The molecule has 0 aliphatic heterocycles. The van der Waals surface area contributed by atoms with Crippen molar-refractivity contribution in [1.29, 1.82) is 0 Å². The summed E-state index contributed by atoms with van der Waals surface area (Å²) in [4.78, 5) is 0. The molecule has 0 fully saturated rings. The normalized spacial score (nSPS) is 12.3. The van der Waals surface area contributed by atoms with Crippen molar-refractivity contribution in [3.8, 4) is 0 Å². The number of nitrogens with one attached hydrogen (secondary N) is 1. The van der Waals surface area contributed by atoms with Gasteiger partial charge in [-0.1, -0.05) is 65.7 Å². The third-order valence-electron chi connectivity index (χ3n) is 3.57. The first kappa shape index (κ1) is 15.3. The van der Waals surface area contributed by atoms with Crippen LogP contribution in [0.15, 0.2) is 53.0 Å². The molecule has 2 aromatic carbocycles. The molecule has 0 aliphatic rings. The monoisotopic (exact) mass is 331 g/mol. The Morgan fingerprint density at radius 3 is 2.50 bits per heavy atom. The molecule has 2 rings (SSSR count). The number of rotatable bonds is 6. The minimum Gasteiger partial charge on any atom is -0.313 e. The van der Waals surface area contributed by atoms with Crippen molar-refractivity contribution >= 4 is 15.9 Å². The summed E-state index contributed by atoms with van der Waals surface area (Å²) in [6.45, 7) is 2.23. The summed E-state index contributed by atoms with van der Waals surface area (Å²) < 4.78 is 1.14. The predicted octanol–water partition coefficient (Wildman–Crippen LogP) is 4.90. The lowest BCUT2D eigenvalue weighted by molar-refractivity contribution is 0.591. The summed E-state index contributed by atoms with van der Waals surface area (Å²) in [6.07, 6.45) is 3.35. The number of halogens is 1. The summed E-state index contributed by atoms with van der Waals surface area (Å²) in [5, 5.41) is 3.44. The second-order valence-corrected chi connectivity index (χ2v) is 6.09. The lowest BCUT2D eigenvalue weighted by Crippen LogP contribution is -2.19. The molecule has 0 bridgehead atoms. The van der Waals surface area contributed by atoms with Crippen LogP contribution in [0, 0.1) is 0 Å². The van der Waals surface area contributed by atoms with Crippen molar-refractivity contribution < 1.29 is 0 Å². The Morgan fingerprint density at radius 2 is 1.80 bits per heavy atom. The molecule has 0 amide bonds. The number of hydrogen-bond donors (Lipinski definition) is 1. The zero-order valence-electron chi connectivity index (χ0n) is 12.2. The van der Waals surface area contributed by atoms with Gasteiger partial charge in [0.1, 0.15) is 0 Å². The van der Waals surface area contributed by atoms with Crippen LogP contribution < -0.4 is 5.32 Å². The first-order valence-corrected chi connectivity index (χ1v) is 8.02. The Kier molecular flexibility index (Phi) is 5.81. The van der Waals surface area contributed by atoms with Gasteiger partial charge >= 0.3 is 0 Å². The third kappa shape index (κ3) is 4.19. The lowest BCUT2D eigenvalue weighted by Gasteiger charge is -2.18. The van der Waals surface area contributed by atoms with Crippen molar-refractivity contribution in [2.45, 2.75) is 32.2 Å². The topological polar surface area (TPSA) is 12.0 Å². The molecule has 0 spiro atoms. The van der Waals surface area contributed by atoms with Gasteiger partial charge in [-0.05, 0) is 48.7 Å². The third-order valence-corrected chi connectivity index (χ3v) is 4.06. The largest absolute Gasteiger partial charge is 0.313 e. The van der Waals surface area contributed by atoms with E-state index in [0.717, 1.165) is 17.3 Å². The van der Waals surface area contributed by atoms with Gasteiger partial charge < -0.3 is 5.32 Å². The molecule has 1 nitrogen and oxygen atoms in total. The van der Waals surface area contributed by atoms with Gasteiger partial charge in [0.05, 0.1) is 0 Å². The van der Waals surface area contributed by atoms with Gasteiger partial charge in [-0.15, -0.1) is 0 Å². The lowest BCUT2D eigenvalue weighted by atomic mass is 9.96. The van der Waals surface area contributed by atoms with Crippen LogP contribution in [0.4, 0.5) is 0 Å². The molecule has 1 N–H and O–H groups in total. The smallest absolute Gasteiger partial charge is 0.0358 e. The molecule has 0 aromatic heterocycles. The van der Waals surface area contributed by atoms with E-state index in [1.165, 1.54) is 23.1 Å². The van der Waals surface area contributed by atoms with E-state index in [4.69, 9.17) is 0 Å². The molecule has 1 unspecified atom stereocenters. The van der Waals surface area contributed by atoms with Gasteiger partial charge in [-0.25, -0.2) is 0 Å². The van der Waals surface area contributed by atoms with Gasteiger partial charge in [0, 0.05) is 10.5 Å². The van der Waals surface area contributed by atoms with E-state index in [1.807, 2.05) is 7.05 Å². The van der Waals surface area contributed by atoms with E-state index >= 15 is 0 Å².